The van der Waals surface area contributed by atoms with E-state index in [4.69, 9.17) is 0 Å². The van der Waals surface area contributed by atoms with Gasteiger partial charge in [0, 0.05) is 0 Å². The summed E-state index contributed by atoms with van der Waals surface area (Å²) in [5.74, 6) is 0.441. The third-order valence-electron chi connectivity index (χ3n) is 1.70. The molecule has 0 amide bonds. The van der Waals surface area contributed by atoms with Crippen LogP contribution in [0.1, 0.15) is 25.5 Å². The van der Waals surface area contributed by atoms with Crippen molar-refractivity contribution in [1.29, 1.82) is 0 Å². The van der Waals surface area contributed by atoms with Gasteiger partial charge in [-0.25, -0.2) is 15.0 Å². The molecule has 2 aromatic rings. The predicted octanol–water partition coefficient (Wildman–Crippen LogP) is 2.21. The highest BCUT2D eigenvalue weighted by molar-refractivity contribution is 7.16. The summed E-state index contributed by atoms with van der Waals surface area (Å²) >= 11 is 1.61. The maximum absolute atomic E-state index is 4.24. The van der Waals surface area contributed by atoms with Gasteiger partial charge < -0.3 is 0 Å². The number of nitrogens with zero attached hydrogens (tertiary/aromatic N) is 3. The average Bonchev–Trinajstić information content (AvgIpc) is 2.49. The molecule has 0 fully saturated rings. The van der Waals surface area contributed by atoms with Crippen molar-refractivity contribution in [2.75, 3.05) is 0 Å². The maximum atomic E-state index is 4.24. The summed E-state index contributed by atoms with van der Waals surface area (Å²) in [4.78, 5) is 12.4. The van der Waals surface area contributed by atoms with Crippen LogP contribution < -0.4 is 0 Å². The Balaban J connectivity index is 2.73. The molecule has 0 aliphatic carbocycles. The van der Waals surface area contributed by atoms with Crippen LogP contribution >= 0.6 is 11.3 Å². The van der Waals surface area contributed by atoms with Crippen molar-refractivity contribution in [3.05, 3.63) is 17.5 Å². The molecule has 0 saturated carbocycles. The van der Waals surface area contributed by atoms with E-state index in [0.717, 1.165) is 16.0 Å². The second-order valence-electron chi connectivity index (χ2n) is 2.92. The molecule has 2 heterocycles. The fourth-order valence-electron chi connectivity index (χ4n) is 1.12. The lowest BCUT2D eigenvalue weighted by Gasteiger charge is -2.02. The molecule has 2 aromatic heterocycles. The van der Waals surface area contributed by atoms with Crippen molar-refractivity contribution >= 4 is 21.7 Å². The van der Waals surface area contributed by atoms with Crippen LogP contribution in [0.5, 0.6) is 0 Å². The zero-order valence-electron chi connectivity index (χ0n) is 6.98. The van der Waals surface area contributed by atoms with Gasteiger partial charge in [0.1, 0.15) is 6.33 Å². The molecule has 0 aliphatic heterocycles. The van der Waals surface area contributed by atoms with E-state index in [2.05, 4.69) is 28.8 Å². The van der Waals surface area contributed by atoms with Gasteiger partial charge >= 0.3 is 0 Å². The van der Waals surface area contributed by atoms with E-state index in [1.54, 1.807) is 17.7 Å². The Morgan fingerprint density at radius 3 is 2.83 bits per heavy atom. The van der Waals surface area contributed by atoms with Crippen molar-refractivity contribution in [2.24, 2.45) is 0 Å². The number of fused-ring (bicyclic) bond motifs is 1. The SMILES string of the molecule is CC(C)c1ncnc2ncsc12. The minimum atomic E-state index is 0.441. The van der Waals surface area contributed by atoms with Crippen molar-refractivity contribution in [3.8, 4) is 0 Å². The van der Waals surface area contributed by atoms with E-state index in [-0.39, 0.29) is 0 Å². The lowest BCUT2D eigenvalue weighted by Crippen LogP contribution is -1.93. The zero-order chi connectivity index (χ0) is 8.55. The molecular weight excluding hydrogens is 170 g/mol. The van der Waals surface area contributed by atoms with Crippen molar-refractivity contribution < 1.29 is 0 Å². The molecule has 0 atom stereocenters. The average molecular weight is 179 g/mol. The Labute approximate surface area is 74.5 Å². The van der Waals surface area contributed by atoms with Crippen molar-refractivity contribution in [1.82, 2.24) is 15.0 Å². The first-order valence-corrected chi connectivity index (χ1v) is 4.71. The largest absolute Gasteiger partial charge is 0.239 e. The van der Waals surface area contributed by atoms with Gasteiger partial charge in [0.15, 0.2) is 5.65 Å². The number of hydrogen-bond acceptors (Lipinski definition) is 4. The molecule has 62 valence electrons. The van der Waals surface area contributed by atoms with E-state index in [9.17, 15) is 0 Å². The Morgan fingerprint density at radius 2 is 2.08 bits per heavy atom. The number of aromatic nitrogens is 3. The lowest BCUT2D eigenvalue weighted by atomic mass is 10.1. The van der Waals surface area contributed by atoms with Crippen LogP contribution in [0, 0.1) is 0 Å². The first-order valence-electron chi connectivity index (χ1n) is 3.83. The van der Waals surface area contributed by atoms with Gasteiger partial charge in [-0.05, 0) is 5.92 Å². The van der Waals surface area contributed by atoms with Crippen LogP contribution in [0.25, 0.3) is 10.3 Å². The number of rotatable bonds is 1. The summed E-state index contributed by atoms with van der Waals surface area (Å²) < 4.78 is 1.12. The molecule has 0 radical (unpaired) electrons. The first kappa shape index (κ1) is 7.61. The summed E-state index contributed by atoms with van der Waals surface area (Å²) in [5.41, 5.74) is 3.73. The summed E-state index contributed by atoms with van der Waals surface area (Å²) in [6, 6.07) is 0. The van der Waals surface area contributed by atoms with E-state index in [0.29, 0.717) is 5.92 Å². The number of hydrogen-bond donors (Lipinski definition) is 0. The molecule has 3 nitrogen and oxygen atoms in total. The van der Waals surface area contributed by atoms with Crippen LogP contribution in [0.4, 0.5) is 0 Å². The van der Waals surface area contributed by atoms with Crippen molar-refractivity contribution in [2.45, 2.75) is 19.8 Å². The molecule has 12 heavy (non-hydrogen) atoms. The van der Waals surface area contributed by atoms with Gasteiger partial charge in [-0.3, -0.25) is 0 Å². The van der Waals surface area contributed by atoms with Crippen LogP contribution in [0.15, 0.2) is 11.8 Å². The van der Waals surface area contributed by atoms with Crippen LogP contribution in [0.2, 0.25) is 0 Å². The molecule has 2 rings (SSSR count). The Bertz CT molecular complexity index is 394. The molecule has 0 N–H and O–H groups in total. The van der Waals surface area contributed by atoms with E-state index < -0.39 is 0 Å². The summed E-state index contributed by atoms with van der Waals surface area (Å²) in [7, 11) is 0. The number of thiazole rings is 1. The van der Waals surface area contributed by atoms with Gasteiger partial charge in [0.25, 0.3) is 0 Å². The maximum Gasteiger partial charge on any atom is 0.173 e. The van der Waals surface area contributed by atoms with Gasteiger partial charge in [-0.2, -0.15) is 0 Å². The zero-order valence-corrected chi connectivity index (χ0v) is 7.80. The molecule has 0 spiro atoms. The van der Waals surface area contributed by atoms with Crippen LogP contribution in [-0.2, 0) is 0 Å². The standard InChI is InChI=1S/C8H9N3S/c1-5(2)6-7-8(10-3-9-6)11-4-12-7/h3-5H,1-2H3. The van der Waals surface area contributed by atoms with Gasteiger partial charge in [-0.15, -0.1) is 11.3 Å². The molecule has 0 aromatic carbocycles. The first-order chi connectivity index (χ1) is 5.79. The Kier molecular flexibility index (Phi) is 1.77. The molecule has 4 heteroatoms. The highest BCUT2D eigenvalue weighted by Gasteiger charge is 2.08. The van der Waals surface area contributed by atoms with E-state index >= 15 is 0 Å². The normalized spacial score (nSPS) is 11.2. The van der Waals surface area contributed by atoms with Gasteiger partial charge in [0.2, 0.25) is 0 Å². The molecule has 0 saturated heterocycles. The second-order valence-corrected chi connectivity index (χ2v) is 3.77. The summed E-state index contributed by atoms with van der Waals surface area (Å²) in [6.07, 6.45) is 1.58. The minimum Gasteiger partial charge on any atom is -0.239 e. The topological polar surface area (TPSA) is 38.7 Å². The third kappa shape index (κ3) is 1.08. The van der Waals surface area contributed by atoms with Crippen molar-refractivity contribution in [3.63, 3.8) is 0 Å². The van der Waals surface area contributed by atoms with Crippen LogP contribution in [-0.4, -0.2) is 15.0 Å². The second kappa shape index (κ2) is 2.79. The highest BCUT2D eigenvalue weighted by Crippen LogP contribution is 2.23. The van der Waals surface area contributed by atoms with E-state index in [1.807, 2.05) is 5.51 Å². The van der Waals surface area contributed by atoms with E-state index in [1.165, 1.54) is 0 Å². The smallest absolute Gasteiger partial charge is 0.173 e. The van der Waals surface area contributed by atoms with Crippen LogP contribution in [0.3, 0.4) is 0 Å². The fourth-order valence-corrected chi connectivity index (χ4v) is 2.00. The summed E-state index contributed by atoms with van der Waals surface area (Å²) in [6.45, 7) is 4.25. The highest BCUT2D eigenvalue weighted by atomic mass is 32.1. The third-order valence-corrected chi connectivity index (χ3v) is 2.54. The van der Waals surface area contributed by atoms with Gasteiger partial charge in [0.05, 0.1) is 15.9 Å². The Morgan fingerprint density at radius 1 is 1.25 bits per heavy atom. The van der Waals surface area contributed by atoms with Gasteiger partial charge in [-0.1, -0.05) is 13.8 Å². The fraction of sp³-hybridized carbons (Fsp3) is 0.375. The lowest BCUT2D eigenvalue weighted by molar-refractivity contribution is 0.830. The molecule has 0 bridgehead atoms. The quantitative estimate of drug-likeness (QED) is 0.673. The Hall–Kier alpha value is -1.03. The monoisotopic (exact) mass is 179 g/mol. The predicted molar refractivity (Wildman–Crippen MR) is 49.3 cm³/mol. The summed E-state index contributed by atoms with van der Waals surface area (Å²) in [5, 5.41) is 0. The molecule has 0 unspecified atom stereocenters. The molecular formula is C8H9N3S. The minimum absolute atomic E-state index is 0.441. The molecule has 0 aliphatic rings.